The van der Waals surface area contributed by atoms with E-state index in [9.17, 15) is 4.79 Å². The van der Waals surface area contributed by atoms with Crippen LogP contribution in [0.1, 0.15) is 142 Å². The van der Waals surface area contributed by atoms with E-state index < -0.39 is 17.0 Å². The molecule has 0 radical (unpaired) electrons. The molecule has 0 bridgehead atoms. The third-order valence-electron chi connectivity index (χ3n) is 22.6. The number of hydrogen-bond acceptors (Lipinski definition) is 7. The molecule has 1 aromatic rings. The van der Waals surface area contributed by atoms with Crippen molar-refractivity contribution < 1.29 is 23.7 Å². The summed E-state index contributed by atoms with van der Waals surface area (Å²) >= 11 is 0. The number of hydrogen-bond donors (Lipinski definition) is 0. The predicted molar refractivity (Wildman–Crippen MR) is 237 cm³/mol. The number of allylic oxidation sites excluding steroid dienone is 3. The number of rotatable bonds is 0. The van der Waals surface area contributed by atoms with E-state index in [0.29, 0.717) is 71.4 Å². The molecule has 7 nitrogen and oxygen atoms in total. The Morgan fingerprint density at radius 3 is 1.55 bits per heavy atom. The summed E-state index contributed by atoms with van der Waals surface area (Å²) in [5, 5.41) is 0. The quantitative estimate of drug-likeness (QED) is 0.241. The molecule has 20 atom stereocenters. The first-order chi connectivity index (χ1) is 29.5. The van der Waals surface area contributed by atoms with Gasteiger partial charge in [-0.15, -0.1) is 0 Å². The van der Waals surface area contributed by atoms with Gasteiger partial charge in [0.15, 0.2) is 11.6 Å². The lowest BCUT2D eigenvalue weighted by Crippen LogP contribution is -2.56. The highest BCUT2D eigenvalue weighted by molar-refractivity contribution is 5.91. The number of Topliss-reactive ketones (excluding diaryl/α,β-unsaturated/α-hetero) is 1. The second-order valence-corrected chi connectivity index (χ2v) is 25.2. The molecule has 1 aromatic heterocycles. The van der Waals surface area contributed by atoms with Gasteiger partial charge in [0.2, 0.25) is 0 Å². The van der Waals surface area contributed by atoms with Gasteiger partial charge in [-0.25, -0.2) is 0 Å². The van der Waals surface area contributed by atoms with Crippen molar-refractivity contribution in [2.45, 2.75) is 169 Å². The Balaban J connectivity index is 0.764. The first kappa shape index (κ1) is 40.1. The molecular formula is C55H74N2O5. The monoisotopic (exact) mass is 843 g/mol. The van der Waals surface area contributed by atoms with Crippen LogP contribution in [0.15, 0.2) is 35.5 Å². The Labute approximate surface area is 371 Å². The van der Waals surface area contributed by atoms with Gasteiger partial charge in [0.25, 0.3) is 0 Å². The minimum absolute atomic E-state index is 0.0197. The minimum Gasteiger partial charge on any atom is -0.349 e. The third-order valence-corrected chi connectivity index (χ3v) is 22.6. The van der Waals surface area contributed by atoms with Gasteiger partial charge < -0.3 is 18.9 Å². The fourth-order valence-corrected chi connectivity index (χ4v) is 18.8. The summed E-state index contributed by atoms with van der Waals surface area (Å²) in [5.74, 6) is 4.88. The van der Waals surface area contributed by atoms with Crippen LogP contribution >= 0.6 is 0 Å². The molecule has 2 spiro atoms. The van der Waals surface area contributed by atoms with Crippen molar-refractivity contribution in [3.8, 4) is 0 Å². The summed E-state index contributed by atoms with van der Waals surface area (Å²) < 4.78 is 27.1. The van der Waals surface area contributed by atoms with E-state index in [1.54, 1.807) is 5.57 Å². The summed E-state index contributed by atoms with van der Waals surface area (Å²) in [6.07, 6.45) is 20.1. The van der Waals surface area contributed by atoms with Crippen LogP contribution < -0.4 is 0 Å². The molecule has 8 aliphatic carbocycles. The Morgan fingerprint density at radius 1 is 0.597 bits per heavy atom. The normalized spacial score (nSPS) is 55.4. The van der Waals surface area contributed by atoms with E-state index >= 15 is 0 Å². The zero-order chi connectivity index (χ0) is 42.7. The van der Waals surface area contributed by atoms with Crippen molar-refractivity contribution in [2.24, 2.45) is 92.7 Å². The maximum absolute atomic E-state index is 14.8. The molecule has 7 heteroatoms. The molecule has 0 amide bonds. The van der Waals surface area contributed by atoms with Gasteiger partial charge in [0, 0.05) is 48.3 Å². The van der Waals surface area contributed by atoms with Gasteiger partial charge in [-0.3, -0.25) is 14.8 Å². The van der Waals surface area contributed by atoms with Crippen LogP contribution in [0.25, 0.3) is 0 Å². The summed E-state index contributed by atoms with van der Waals surface area (Å²) in [7, 11) is 0. The average molecular weight is 843 g/mol. The SMILES string of the molecule is C=C1C[C@H]2[C@@H](CC[C@H]3Cc4nc5c(nc4C[C@@]32C)C[C@@H]2CC[C@H]3C4=C[C@@H]6O[C@@]7(CC[C@H](C)CO7)[C@@H](C)[C@@H]6[C@@]4(C)C(=O)C[C@@H]3[C@@]2(C)C5)C2=C[C@@H]3O[C@@]4(CC[C@H](C)CO4)[C@@H](C)[C@@H]3[C@@]12C. The molecule has 5 heterocycles. The smallest absolute Gasteiger partial charge is 0.172 e. The first-order valence-electron chi connectivity index (χ1n) is 25.7. The summed E-state index contributed by atoms with van der Waals surface area (Å²) in [5.41, 5.74) is 9.31. The zero-order valence-electron chi connectivity index (χ0n) is 39.2. The van der Waals surface area contributed by atoms with Crippen LogP contribution in [-0.2, 0) is 49.4 Å². The maximum atomic E-state index is 14.8. The molecule has 62 heavy (non-hydrogen) atoms. The summed E-state index contributed by atoms with van der Waals surface area (Å²) in [6.45, 7) is 25.8. The van der Waals surface area contributed by atoms with Crippen LogP contribution in [0.2, 0.25) is 0 Å². The second kappa shape index (κ2) is 12.8. The van der Waals surface area contributed by atoms with Crippen LogP contribution in [0, 0.1) is 92.7 Å². The molecule has 4 aliphatic heterocycles. The van der Waals surface area contributed by atoms with Crippen molar-refractivity contribution in [2.75, 3.05) is 13.2 Å². The van der Waals surface area contributed by atoms with Gasteiger partial charge in [0.1, 0.15) is 5.78 Å². The number of ether oxygens (including phenoxy) is 4. The minimum atomic E-state index is -0.531. The Bertz CT molecular complexity index is 2060. The van der Waals surface area contributed by atoms with Crippen LogP contribution in [0.4, 0.5) is 0 Å². The number of carbonyl (C=O) groups is 1. The van der Waals surface area contributed by atoms with Gasteiger partial charge in [-0.05, 0) is 136 Å². The molecule has 4 saturated heterocycles. The van der Waals surface area contributed by atoms with Crippen molar-refractivity contribution in [3.63, 3.8) is 0 Å². The second-order valence-electron chi connectivity index (χ2n) is 25.2. The molecule has 0 unspecified atom stereocenters. The van der Waals surface area contributed by atoms with E-state index in [4.69, 9.17) is 35.5 Å². The van der Waals surface area contributed by atoms with Crippen LogP contribution in [0.5, 0.6) is 0 Å². The maximum Gasteiger partial charge on any atom is 0.172 e. The number of ketones is 1. The van der Waals surface area contributed by atoms with Crippen molar-refractivity contribution in [1.82, 2.24) is 9.97 Å². The summed E-state index contributed by atoms with van der Waals surface area (Å²) in [4.78, 5) is 26.2. The number of aromatic nitrogens is 2. The molecule has 0 aromatic carbocycles. The molecule has 0 N–H and O–H groups in total. The van der Waals surface area contributed by atoms with Crippen molar-refractivity contribution >= 4 is 5.78 Å². The predicted octanol–water partition coefficient (Wildman–Crippen LogP) is 10.4. The number of nitrogens with zero attached hydrogens (tertiary/aromatic N) is 2. The third kappa shape index (κ3) is 4.87. The van der Waals surface area contributed by atoms with E-state index in [-0.39, 0.29) is 40.3 Å². The lowest BCUT2D eigenvalue weighted by molar-refractivity contribution is -0.265. The molecule has 334 valence electrons. The van der Waals surface area contributed by atoms with Crippen molar-refractivity contribution in [3.05, 3.63) is 58.2 Å². The molecular weight excluding hydrogens is 769 g/mol. The zero-order valence-corrected chi connectivity index (χ0v) is 39.2. The first-order valence-corrected chi connectivity index (χ1v) is 25.7. The van der Waals surface area contributed by atoms with Crippen LogP contribution in [-0.4, -0.2) is 52.7 Å². The highest BCUT2D eigenvalue weighted by Crippen LogP contribution is 2.72. The topological polar surface area (TPSA) is 79.8 Å². The highest BCUT2D eigenvalue weighted by atomic mass is 16.7. The fourth-order valence-electron chi connectivity index (χ4n) is 18.8. The fraction of sp³-hybridized carbons (Fsp3) is 0.800. The Morgan fingerprint density at radius 2 is 1.06 bits per heavy atom. The molecule has 4 saturated carbocycles. The summed E-state index contributed by atoms with van der Waals surface area (Å²) in [6, 6.07) is 0. The lowest BCUT2D eigenvalue weighted by Gasteiger charge is -2.60. The standard InChI is InChI=1S/C55H74N2O5/c1-28-14-16-54(59-26-28)31(4)48-45(61-54)21-39-35-12-10-33-19-41-43(24-50(33,6)37(35)18-30(3)52(39,48)8)56-42-20-34-11-13-36-38(51(34,7)25-44(42)57-41)23-47(58)53(9)40(36)22-46-49(53)32(5)55(62-46)17-15-29(2)27-60-55/h21-22,28-29,31-38,45-46,48-49H,3,10-20,23-27H2,1-2,4-9H3/t28-,29-,31-,32-,33-,34-,35+,36+,37-,38-,45-,46-,48-,49-,50-,51-,52-,53+,54-,55-/m0/s1. The van der Waals surface area contributed by atoms with E-state index in [2.05, 4.69) is 67.5 Å². The van der Waals surface area contributed by atoms with Crippen molar-refractivity contribution in [1.29, 1.82) is 0 Å². The largest absolute Gasteiger partial charge is 0.349 e. The van der Waals surface area contributed by atoms with Gasteiger partial charge in [-0.1, -0.05) is 83.9 Å². The van der Waals surface area contributed by atoms with E-state index in [1.165, 1.54) is 66.0 Å². The Hall–Kier alpha value is -2.19. The molecule has 8 fully saturated rings. The molecule has 13 rings (SSSR count). The van der Waals surface area contributed by atoms with Crippen LogP contribution in [0.3, 0.4) is 0 Å². The Kier molecular flexibility index (Phi) is 8.30. The van der Waals surface area contributed by atoms with Gasteiger partial charge >= 0.3 is 0 Å². The lowest BCUT2D eigenvalue weighted by atomic mass is 9.44. The van der Waals surface area contributed by atoms with E-state index in [1.807, 2.05) is 0 Å². The van der Waals surface area contributed by atoms with Gasteiger partial charge in [0.05, 0.1) is 53.6 Å². The molecule has 12 aliphatic rings. The number of carbonyl (C=O) groups excluding carboxylic acids is 1. The van der Waals surface area contributed by atoms with E-state index in [0.717, 1.165) is 64.6 Å². The number of fused-ring (bicyclic) bond motifs is 16. The van der Waals surface area contributed by atoms with Gasteiger partial charge in [-0.2, -0.15) is 0 Å². The average Bonchev–Trinajstić information content (AvgIpc) is 3.89. The highest BCUT2D eigenvalue weighted by Gasteiger charge is 2.70.